The van der Waals surface area contributed by atoms with Crippen LogP contribution in [0.1, 0.15) is 35.6 Å². The van der Waals surface area contributed by atoms with E-state index in [2.05, 4.69) is 26.7 Å². The van der Waals surface area contributed by atoms with Crippen LogP contribution in [-0.2, 0) is 11.2 Å². The Balaban J connectivity index is 0.00000210. The number of hydrogen-bond donors (Lipinski definition) is 2. The van der Waals surface area contributed by atoms with Gasteiger partial charge in [-0.1, -0.05) is 18.2 Å². The Morgan fingerprint density at radius 2 is 2.00 bits per heavy atom. The molecule has 1 aliphatic heterocycles. The summed E-state index contributed by atoms with van der Waals surface area (Å²) >= 11 is 1.61. The summed E-state index contributed by atoms with van der Waals surface area (Å²) in [4.78, 5) is 22.4. The topological polar surface area (TPSA) is 66.9 Å². The number of benzene rings is 1. The number of carbonyl (C=O) groups is 1. The number of fused-ring (bicyclic) bond motifs is 1. The molecule has 0 bridgehead atoms. The number of nitrogens with zero attached hydrogens (tertiary/aromatic N) is 2. The highest BCUT2D eigenvalue weighted by Gasteiger charge is 2.18. The van der Waals surface area contributed by atoms with Crippen molar-refractivity contribution < 1.29 is 4.79 Å². The molecule has 2 aromatic heterocycles. The van der Waals surface area contributed by atoms with Crippen LogP contribution in [0, 0.1) is 0 Å². The first kappa shape index (κ1) is 19.7. The van der Waals surface area contributed by atoms with E-state index in [9.17, 15) is 4.79 Å². The minimum atomic E-state index is 0. The van der Waals surface area contributed by atoms with Gasteiger partial charge in [0.05, 0.1) is 5.52 Å². The van der Waals surface area contributed by atoms with Crippen LogP contribution in [0.2, 0.25) is 0 Å². The molecule has 1 saturated heterocycles. The molecule has 0 unspecified atom stereocenters. The Bertz CT molecular complexity index is 902. The van der Waals surface area contributed by atoms with Crippen molar-refractivity contribution in [3.05, 3.63) is 53.2 Å². The van der Waals surface area contributed by atoms with Crippen molar-refractivity contribution >= 4 is 45.7 Å². The molecule has 1 aliphatic rings. The maximum Gasteiger partial charge on any atom is 0.226 e. The molecule has 0 saturated carbocycles. The van der Waals surface area contributed by atoms with Crippen molar-refractivity contribution in [1.82, 2.24) is 15.3 Å². The lowest BCUT2D eigenvalue weighted by molar-refractivity contribution is -0.116. The van der Waals surface area contributed by atoms with Crippen molar-refractivity contribution in [2.75, 3.05) is 18.4 Å². The molecule has 1 aromatic carbocycles. The van der Waals surface area contributed by atoms with Gasteiger partial charge in [0, 0.05) is 29.1 Å². The van der Waals surface area contributed by atoms with Gasteiger partial charge in [-0.2, -0.15) is 0 Å². The Morgan fingerprint density at radius 1 is 1.19 bits per heavy atom. The normalized spacial score (nSPS) is 14.7. The molecular formula is C20H23ClN4OS. The molecule has 4 rings (SSSR count). The number of aryl methyl sites for hydroxylation is 1. The SMILES string of the molecule is Cl.O=C(CCc1ccnc2ccccc12)Nc1ncc(C2CCNCC2)s1. The average molecular weight is 403 g/mol. The monoisotopic (exact) mass is 402 g/mol. The quantitative estimate of drug-likeness (QED) is 0.672. The van der Waals surface area contributed by atoms with Gasteiger partial charge in [-0.3, -0.25) is 9.78 Å². The third-order valence-electron chi connectivity index (χ3n) is 4.87. The molecule has 7 heteroatoms. The Morgan fingerprint density at radius 3 is 2.85 bits per heavy atom. The van der Waals surface area contributed by atoms with Crippen LogP contribution in [0.25, 0.3) is 10.9 Å². The molecule has 1 fully saturated rings. The van der Waals surface area contributed by atoms with E-state index in [-0.39, 0.29) is 18.3 Å². The molecule has 3 aromatic rings. The van der Waals surface area contributed by atoms with Crippen LogP contribution in [0.15, 0.2) is 42.7 Å². The third kappa shape index (κ3) is 4.83. The first-order valence-corrected chi connectivity index (χ1v) is 9.90. The Hall–Kier alpha value is -2.02. The number of aromatic nitrogens is 2. The van der Waals surface area contributed by atoms with Crippen LogP contribution in [-0.4, -0.2) is 29.0 Å². The zero-order valence-corrected chi connectivity index (χ0v) is 16.6. The van der Waals surface area contributed by atoms with E-state index in [4.69, 9.17) is 0 Å². The second-order valence-corrected chi connectivity index (χ2v) is 7.69. The maximum absolute atomic E-state index is 12.3. The lowest BCUT2D eigenvalue weighted by Gasteiger charge is -2.20. The standard InChI is InChI=1S/C20H22N4OS.ClH/c25-19(6-5-14-9-12-22-17-4-2-1-3-16(14)17)24-20-23-13-18(26-20)15-7-10-21-11-8-15;/h1-4,9,12-13,15,21H,5-8,10-11H2,(H,23,24,25);1H. The van der Waals surface area contributed by atoms with Gasteiger partial charge in [-0.05, 0) is 56.0 Å². The van der Waals surface area contributed by atoms with Gasteiger partial charge in [0.1, 0.15) is 0 Å². The number of pyridine rings is 1. The predicted octanol–water partition coefficient (Wildman–Crippen LogP) is 4.15. The lowest BCUT2D eigenvalue weighted by Crippen LogP contribution is -2.26. The summed E-state index contributed by atoms with van der Waals surface area (Å²) in [6, 6.07) is 10.0. The minimum Gasteiger partial charge on any atom is -0.317 e. The second kappa shape index (κ2) is 9.26. The molecule has 142 valence electrons. The highest BCUT2D eigenvalue weighted by molar-refractivity contribution is 7.15. The summed E-state index contributed by atoms with van der Waals surface area (Å²) in [6.07, 6.45) is 7.15. The summed E-state index contributed by atoms with van der Waals surface area (Å²) in [6.45, 7) is 2.12. The van der Waals surface area contributed by atoms with Crippen LogP contribution in [0.5, 0.6) is 0 Å². The Labute approximate surface area is 169 Å². The number of piperidine rings is 1. The van der Waals surface area contributed by atoms with Gasteiger partial charge in [-0.15, -0.1) is 23.7 Å². The zero-order valence-electron chi connectivity index (χ0n) is 15.0. The number of nitrogens with one attached hydrogen (secondary N) is 2. The fraction of sp³-hybridized carbons (Fsp3) is 0.350. The molecule has 0 atom stereocenters. The van der Waals surface area contributed by atoms with Crippen molar-refractivity contribution in [1.29, 1.82) is 0 Å². The molecule has 1 amide bonds. The largest absolute Gasteiger partial charge is 0.317 e. The maximum atomic E-state index is 12.3. The van der Waals surface area contributed by atoms with Crippen LogP contribution in [0.3, 0.4) is 0 Å². The molecular weight excluding hydrogens is 380 g/mol. The second-order valence-electron chi connectivity index (χ2n) is 6.63. The summed E-state index contributed by atoms with van der Waals surface area (Å²) in [5.74, 6) is 0.583. The number of hydrogen-bond acceptors (Lipinski definition) is 5. The number of para-hydroxylation sites is 1. The van der Waals surface area contributed by atoms with E-state index in [1.165, 1.54) is 4.88 Å². The molecule has 27 heavy (non-hydrogen) atoms. The van der Waals surface area contributed by atoms with Crippen LogP contribution in [0.4, 0.5) is 5.13 Å². The van der Waals surface area contributed by atoms with Crippen molar-refractivity contribution in [2.24, 2.45) is 0 Å². The third-order valence-corrected chi connectivity index (χ3v) is 5.95. The van der Waals surface area contributed by atoms with Gasteiger partial charge in [0.15, 0.2) is 5.13 Å². The van der Waals surface area contributed by atoms with Crippen molar-refractivity contribution in [3.8, 4) is 0 Å². The van der Waals surface area contributed by atoms with Crippen LogP contribution >= 0.6 is 23.7 Å². The summed E-state index contributed by atoms with van der Waals surface area (Å²) in [5, 5.41) is 8.16. The van der Waals surface area contributed by atoms with E-state index >= 15 is 0 Å². The fourth-order valence-corrected chi connectivity index (χ4v) is 4.44. The van der Waals surface area contributed by atoms with Gasteiger partial charge in [0.25, 0.3) is 0 Å². The molecule has 2 N–H and O–H groups in total. The summed E-state index contributed by atoms with van der Waals surface area (Å²) in [7, 11) is 0. The van der Waals surface area contributed by atoms with Gasteiger partial charge < -0.3 is 10.6 Å². The molecule has 0 aliphatic carbocycles. The van der Waals surface area contributed by atoms with Crippen molar-refractivity contribution in [3.63, 3.8) is 0 Å². The van der Waals surface area contributed by atoms with E-state index in [0.717, 1.165) is 42.4 Å². The fourth-order valence-electron chi connectivity index (χ4n) is 3.44. The Kier molecular flexibility index (Phi) is 6.77. The van der Waals surface area contributed by atoms with Gasteiger partial charge >= 0.3 is 0 Å². The zero-order chi connectivity index (χ0) is 17.8. The lowest BCUT2D eigenvalue weighted by atomic mass is 9.97. The van der Waals surface area contributed by atoms with E-state index in [0.29, 0.717) is 23.9 Å². The van der Waals surface area contributed by atoms with Gasteiger partial charge in [-0.25, -0.2) is 4.98 Å². The number of halogens is 1. The van der Waals surface area contributed by atoms with Crippen LogP contribution < -0.4 is 10.6 Å². The minimum absolute atomic E-state index is 0. The van der Waals surface area contributed by atoms with E-state index in [1.54, 1.807) is 11.3 Å². The highest BCUT2D eigenvalue weighted by Crippen LogP contribution is 2.31. The highest BCUT2D eigenvalue weighted by atomic mass is 35.5. The average Bonchev–Trinajstić information content (AvgIpc) is 3.15. The first-order valence-electron chi connectivity index (χ1n) is 9.08. The molecule has 5 nitrogen and oxygen atoms in total. The summed E-state index contributed by atoms with van der Waals surface area (Å²) in [5.41, 5.74) is 2.12. The number of amides is 1. The number of anilines is 1. The van der Waals surface area contributed by atoms with E-state index < -0.39 is 0 Å². The summed E-state index contributed by atoms with van der Waals surface area (Å²) < 4.78 is 0. The predicted molar refractivity (Wildman–Crippen MR) is 113 cm³/mol. The smallest absolute Gasteiger partial charge is 0.226 e. The molecule has 0 radical (unpaired) electrons. The van der Waals surface area contributed by atoms with Gasteiger partial charge in [0.2, 0.25) is 5.91 Å². The van der Waals surface area contributed by atoms with Crippen molar-refractivity contribution in [2.45, 2.75) is 31.6 Å². The number of carbonyl (C=O) groups excluding carboxylic acids is 1. The first-order chi connectivity index (χ1) is 12.8. The molecule has 0 spiro atoms. The van der Waals surface area contributed by atoms with E-state index in [1.807, 2.05) is 36.7 Å². The number of rotatable bonds is 5. The number of thiazole rings is 1. The molecule has 3 heterocycles.